The van der Waals surface area contributed by atoms with E-state index in [0.29, 0.717) is 22.9 Å². The number of aryl methyl sites for hydroxylation is 2. The molecule has 4 rings (SSSR count). The number of carboxylic acids is 1. The van der Waals surface area contributed by atoms with Crippen molar-refractivity contribution in [2.75, 3.05) is 0 Å². The van der Waals surface area contributed by atoms with Crippen LogP contribution in [0.4, 0.5) is 0 Å². The molecular formula is C20H18N4O3. The molecule has 0 aliphatic carbocycles. The Morgan fingerprint density at radius 2 is 1.85 bits per heavy atom. The second kappa shape index (κ2) is 6.35. The average Bonchev–Trinajstić information content (AvgIpc) is 2.94. The van der Waals surface area contributed by atoms with Gasteiger partial charge in [-0.1, -0.05) is 29.8 Å². The summed E-state index contributed by atoms with van der Waals surface area (Å²) in [4.78, 5) is 16.2. The number of benzene rings is 2. The number of nitrogens with zero attached hydrogens (tertiary/aromatic N) is 4. The van der Waals surface area contributed by atoms with Gasteiger partial charge in [-0.25, -0.2) is 0 Å². The normalized spacial score (nSPS) is 15.5. The average molecular weight is 362 g/mol. The van der Waals surface area contributed by atoms with Gasteiger partial charge in [0.25, 0.3) is 0 Å². The van der Waals surface area contributed by atoms with Gasteiger partial charge in [0.05, 0.1) is 17.8 Å². The lowest BCUT2D eigenvalue weighted by atomic mass is 9.99. The molecule has 0 bridgehead atoms. The third-order valence-electron chi connectivity index (χ3n) is 4.60. The van der Waals surface area contributed by atoms with Crippen LogP contribution in [0.15, 0.2) is 47.5 Å². The third kappa shape index (κ3) is 2.97. The van der Waals surface area contributed by atoms with Gasteiger partial charge in [0.2, 0.25) is 0 Å². The molecule has 2 aromatic carbocycles. The van der Waals surface area contributed by atoms with Crippen molar-refractivity contribution in [2.24, 2.45) is 4.99 Å². The Balaban J connectivity index is 2.02. The summed E-state index contributed by atoms with van der Waals surface area (Å²) in [5, 5.41) is 27.8. The van der Waals surface area contributed by atoms with E-state index in [-0.39, 0.29) is 12.2 Å². The molecule has 27 heavy (non-hydrogen) atoms. The van der Waals surface area contributed by atoms with Crippen LogP contribution in [0, 0.1) is 13.8 Å². The van der Waals surface area contributed by atoms with Crippen LogP contribution in [0.5, 0.6) is 5.75 Å². The molecule has 0 fully saturated rings. The van der Waals surface area contributed by atoms with Crippen molar-refractivity contribution in [2.45, 2.75) is 26.3 Å². The van der Waals surface area contributed by atoms with Crippen molar-refractivity contribution in [3.63, 3.8) is 0 Å². The molecule has 136 valence electrons. The summed E-state index contributed by atoms with van der Waals surface area (Å²) in [7, 11) is 0. The summed E-state index contributed by atoms with van der Waals surface area (Å²) < 4.78 is 1.81. The molecule has 1 aliphatic heterocycles. The van der Waals surface area contributed by atoms with E-state index in [9.17, 15) is 15.0 Å². The van der Waals surface area contributed by atoms with Crippen LogP contribution in [0.2, 0.25) is 0 Å². The lowest BCUT2D eigenvalue weighted by Gasteiger charge is -2.13. The first kappa shape index (κ1) is 17.0. The van der Waals surface area contributed by atoms with Crippen LogP contribution in [0.1, 0.15) is 40.8 Å². The topological polar surface area (TPSA) is 101 Å². The van der Waals surface area contributed by atoms with Crippen molar-refractivity contribution in [3.8, 4) is 11.4 Å². The molecule has 2 heterocycles. The van der Waals surface area contributed by atoms with Crippen LogP contribution < -0.4 is 0 Å². The zero-order valence-electron chi connectivity index (χ0n) is 14.9. The molecular weight excluding hydrogens is 344 g/mol. The minimum Gasteiger partial charge on any atom is -0.508 e. The van der Waals surface area contributed by atoms with Crippen LogP contribution in [-0.4, -0.2) is 36.7 Å². The molecule has 0 unspecified atom stereocenters. The van der Waals surface area contributed by atoms with Gasteiger partial charge < -0.3 is 10.2 Å². The Kier molecular flexibility index (Phi) is 3.99. The highest BCUT2D eigenvalue weighted by Gasteiger charge is 2.29. The Hall–Kier alpha value is -3.48. The number of aromatic hydroxyl groups is 1. The first-order valence-corrected chi connectivity index (χ1v) is 8.56. The third-order valence-corrected chi connectivity index (χ3v) is 4.60. The second-order valence-corrected chi connectivity index (χ2v) is 6.60. The Labute approximate surface area is 155 Å². The number of aromatic nitrogens is 3. The van der Waals surface area contributed by atoms with E-state index in [1.165, 1.54) is 0 Å². The summed E-state index contributed by atoms with van der Waals surface area (Å²) in [5.74, 6) is 0.252. The van der Waals surface area contributed by atoms with E-state index in [1.807, 2.05) is 42.7 Å². The van der Waals surface area contributed by atoms with Gasteiger partial charge in [-0.05, 0) is 32.0 Å². The second-order valence-electron chi connectivity index (χ2n) is 6.60. The molecule has 1 atom stereocenters. The smallest absolute Gasteiger partial charge is 0.306 e. The number of rotatable bonds is 3. The molecule has 7 heteroatoms. The fourth-order valence-electron chi connectivity index (χ4n) is 3.33. The van der Waals surface area contributed by atoms with Crippen LogP contribution in [0.3, 0.4) is 0 Å². The Bertz CT molecular complexity index is 1070. The zero-order chi connectivity index (χ0) is 19.1. The molecule has 0 saturated heterocycles. The van der Waals surface area contributed by atoms with E-state index >= 15 is 0 Å². The SMILES string of the molecule is Cc1ccc(C2=N[C@@H](CC(=O)O)c3nnc(C)n3-c3ccc(O)cc32)cc1. The molecule has 3 aromatic rings. The summed E-state index contributed by atoms with van der Waals surface area (Å²) >= 11 is 0. The molecule has 0 saturated carbocycles. The van der Waals surface area contributed by atoms with Crippen molar-refractivity contribution in [1.82, 2.24) is 14.8 Å². The van der Waals surface area contributed by atoms with Crippen molar-refractivity contribution in [3.05, 3.63) is 70.8 Å². The van der Waals surface area contributed by atoms with Gasteiger partial charge in [-0.15, -0.1) is 10.2 Å². The van der Waals surface area contributed by atoms with Gasteiger partial charge in [0, 0.05) is 11.1 Å². The molecule has 1 aliphatic rings. The lowest BCUT2D eigenvalue weighted by Crippen LogP contribution is -2.10. The minimum absolute atomic E-state index is 0.109. The standard InChI is InChI=1S/C20H18N4O3/c1-11-3-5-13(6-4-11)19-15-9-14(25)7-8-17(15)24-12(2)22-23-20(24)16(21-19)10-18(26)27/h3-9,16,25H,10H2,1-2H3,(H,26,27)/t16-/m0/s1. The summed E-state index contributed by atoms with van der Waals surface area (Å²) in [5.41, 5.74) is 4.05. The van der Waals surface area contributed by atoms with Gasteiger partial charge >= 0.3 is 5.97 Å². The number of aliphatic carboxylic acids is 1. The quantitative estimate of drug-likeness (QED) is 0.746. The number of carbonyl (C=O) groups is 1. The zero-order valence-corrected chi connectivity index (χ0v) is 14.9. The predicted molar refractivity (Wildman–Crippen MR) is 99.6 cm³/mol. The number of hydrogen-bond donors (Lipinski definition) is 2. The number of hydrogen-bond acceptors (Lipinski definition) is 5. The summed E-state index contributed by atoms with van der Waals surface area (Å²) in [6.07, 6.45) is -0.201. The van der Waals surface area contributed by atoms with E-state index in [1.54, 1.807) is 18.2 Å². The number of carboxylic acid groups (broad SMARTS) is 1. The summed E-state index contributed by atoms with van der Waals surface area (Å²) in [6.45, 7) is 3.80. The van der Waals surface area contributed by atoms with Gasteiger partial charge in [0.15, 0.2) is 5.82 Å². The Morgan fingerprint density at radius 1 is 1.11 bits per heavy atom. The van der Waals surface area contributed by atoms with Crippen LogP contribution >= 0.6 is 0 Å². The van der Waals surface area contributed by atoms with E-state index in [4.69, 9.17) is 4.99 Å². The van der Waals surface area contributed by atoms with Gasteiger partial charge in [-0.2, -0.15) is 0 Å². The number of phenols is 1. The van der Waals surface area contributed by atoms with Crippen LogP contribution in [-0.2, 0) is 4.79 Å². The first-order chi connectivity index (χ1) is 12.9. The highest BCUT2D eigenvalue weighted by Crippen LogP contribution is 2.33. The van der Waals surface area contributed by atoms with Crippen molar-refractivity contribution in [1.29, 1.82) is 0 Å². The van der Waals surface area contributed by atoms with E-state index in [2.05, 4.69) is 10.2 Å². The van der Waals surface area contributed by atoms with Crippen molar-refractivity contribution >= 4 is 11.7 Å². The molecule has 1 aromatic heterocycles. The van der Waals surface area contributed by atoms with Crippen LogP contribution in [0.25, 0.3) is 5.69 Å². The van der Waals surface area contributed by atoms with E-state index in [0.717, 1.165) is 16.8 Å². The first-order valence-electron chi connectivity index (χ1n) is 8.56. The number of aliphatic imine (C=N–C) groups is 1. The van der Waals surface area contributed by atoms with Gasteiger partial charge in [0.1, 0.15) is 17.6 Å². The molecule has 7 nitrogen and oxygen atoms in total. The fraction of sp³-hybridized carbons (Fsp3) is 0.200. The highest BCUT2D eigenvalue weighted by atomic mass is 16.4. The van der Waals surface area contributed by atoms with Crippen molar-refractivity contribution < 1.29 is 15.0 Å². The summed E-state index contributed by atoms with van der Waals surface area (Å²) in [6, 6.07) is 12.2. The van der Waals surface area contributed by atoms with E-state index < -0.39 is 12.0 Å². The Morgan fingerprint density at radius 3 is 2.56 bits per heavy atom. The monoisotopic (exact) mass is 362 g/mol. The molecule has 0 spiro atoms. The lowest BCUT2D eigenvalue weighted by molar-refractivity contribution is -0.137. The fourth-order valence-corrected chi connectivity index (χ4v) is 3.33. The number of phenolic OH excluding ortho intramolecular Hbond substituents is 1. The minimum atomic E-state index is -0.965. The maximum absolute atomic E-state index is 11.4. The van der Waals surface area contributed by atoms with Gasteiger partial charge in [-0.3, -0.25) is 14.4 Å². The number of fused-ring (bicyclic) bond motifs is 3. The largest absolute Gasteiger partial charge is 0.508 e. The highest BCUT2D eigenvalue weighted by molar-refractivity contribution is 6.15. The maximum Gasteiger partial charge on any atom is 0.306 e. The molecule has 0 amide bonds. The molecule has 2 N–H and O–H groups in total. The predicted octanol–water partition coefficient (Wildman–Crippen LogP) is 2.96. The maximum atomic E-state index is 11.4. The molecule has 0 radical (unpaired) electrons.